The third-order valence-electron chi connectivity index (χ3n) is 1.52. The Labute approximate surface area is 85.2 Å². The predicted octanol–water partition coefficient (Wildman–Crippen LogP) is 1.29. The molecule has 1 aromatic rings. The van der Waals surface area contributed by atoms with Crippen LogP contribution >= 0.6 is 0 Å². The SMILES string of the molecule is O=C(NCCOCC(F)F)c1ccco1. The predicted molar refractivity (Wildman–Crippen MR) is 47.9 cm³/mol. The highest BCUT2D eigenvalue weighted by molar-refractivity contribution is 5.91. The van der Waals surface area contributed by atoms with Crippen LogP contribution in [-0.4, -0.2) is 32.1 Å². The Morgan fingerprint density at radius 1 is 1.60 bits per heavy atom. The molecule has 1 aromatic heterocycles. The summed E-state index contributed by atoms with van der Waals surface area (Å²) in [6.45, 7) is -0.389. The molecule has 0 atom stereocenters. The van der Waals surface area contributed by atoms with Crippen molar-refractivity contribution in [2.45, 2.75) is 6.43 Å². The molecule has 1 amide bonds. The van der Waals surface area contributed by atoms with E-state index in [2.05, 4.69) is 10.1 Å². The van der Waals surface area contributed by atoms with Gasteiger partial charge in [-0.25, -0.2) is 8.78 Å². The fourth-order valence-corrected chi connectivity index (χ4v) is 0.904. The minimum atomic E-state index is -2.48. The summed E-state index contributed by atoms with van der Waals surface area (Å²) in [5.41, 5.74) is 0. The number of ether oxygens (including phenoxy) is 1. The molecule has 0 aromatic carbocycles. The Bertz CT molecular complexity index is 288. The molecule has 0 saturated heterocycles. The van der Waals surface area contributed by atoms with E-state index in [0.29, 0.717) is 0 Å². The lowest BCUT2D eigenvalue weighted by Gasteiger charge is -2.04. The molecule has 0 saturated carbocycles. The Kier molecular flexibility index (Phi) is 4.76. The minimum absolute atomic E-state index is 0.0524. The van der Waals surface area contributed by atoms with Gasteiger partial charge in [0.15, 0.2) is 5.76 Å². The van der Waals surface area contributed by atoms with Gasteiger partial charge in [-0.2, -0.15) is 0 Å². The summed E-state index contributed by atoms with van der Waals surface area (Å²) < 4.78 is 32.6. The zero-order valence-electron chi connectivity index (χ0n) is 7.91. The second-order valence-electron chi connectivity index (χ2n) is 2.70. The number of alkyl halides is 2. The van der Waals surface area contributed by atoms with Gasteiger partial charge in [0.1, 0.15) is 6.61 Å². The second-order valence-corrected chi connectivity index (χ2v) is 2.70. The molecular formula is C9H11F2NO3. The molecule has 0 aliphatic carbocycles. The lowest BCUT2D eigenvalue weighted by atomic mass is 10.4. The molecule has 0 unspecified atom stereocenters. The fourth-order valence-electron chi connectivity index (χ4n) is 0.904. The van der Waals surface area contributed by atoms with Crippen molar-refractivity contribution in [3.8, 4) is 0 Å². The molecule has 0 spiro atoms. The van der Waals surface area contributed by atoms with Crippen molar-refractivity contribution in [3.63, 3.8) is 0 Å². The summed E-state index contributed by atoms with van der Waals surface area (Å²) in [6, 6.07) is 3.09. The largest absolute Gasteiger partial charge is 0.459 e. The van der Waals surface area contributed by atoms with E-state index in [4.69, 9.17) is 4.42 Å². The van der Waals surface area contributed by atoms with E-state index in [1.54, 1.807) is 6.07 Å². The van der Waals surface area contributed by atoms with Crippen LogP contribution in [-0.2, 0) is 4.74 Å². The van der Waals surface area contributed by atoms with Crippen molar-refractivity contribution in [1.82, 2.24) is 5.32 Å². The van der Waals surface area contributed by atoms with E-state index >= 15 is 0 Å². The van der Waals surface area contributed by atoms with Crippen LogP contribution in [0.25, 0.3) is 0 Å². The average Bonchev–Trinajstić information content (AvgIpc) is 2.69. The first kappa shape index (κ1) is 11.6. The van der Waals surface area contributed by atoms with Crippen molar-refractivity contribution in [1.29, 1.82) is 0 Å². The topological polar surface area (TPSA) is 51.5 Å². The Hall–Kier alpha value is -1.43. The number of hydrogen-bond donors (Lipinski definition) is 1. The van der Waals surface area contributed by atoms with Crippen LogP contribution in [0.4, 0.5) is 8.78 Å². The average molecular weight is 219 g/mol. The molecular weight excluding hydrogens is 208 g/mol. The van der Waals surface area contributed by atoms with Gasteiger partial charge in [0.25, 0.3) is 12.3 Å². The molecule has 0 bridgehead atoms. The maximum absolute atomic E-state index is 11.6. The van der Waals surface area contributed by atoms with Crippen LogP contribution in [0.2, 0.25) is 0 Å². The number of halogens is 2. The number of furan rings is 1. The number of nitrogens with one attached hydrogen (secondary N) is 1. The molecule has 0 fully saturated rings. The molecule has 4 nitrogen and oxygen atoms in total. The van der Waals surface area contributed by atoms with Crippen molar-refractivity contribution < 1.29 is 22.7 Å². The highest BCUT2D eigenvalue weighted by Crippen LogP contribution is 1.98. The molecule has 1 N–H and O–H groups in total. The molecule has 0 aliphatic rings. The molecule has 1 rings (SSSR count). The molecule has 6 heteroatoms. The fraction of sp³-hybridized carbons (Fsp3) is 0.444. The summed E-state index contributed by atoms with van der Waals surface area (Å²) in [5.74, 6) is -0.204. The highest BCUT2D eigenvalue weighted by atomic mass is 19.3. The zero-order chi connectivity index (χ0) is 11.1. The van der Waals surface area contributed by atoms with Gasteiger partial charge < -0.3 is 14.5 Å². The normalized spacial score (nSPS) is 10.6. The number of carbonyl (C=O) groups excluding carboxylic acids is 1. The minimum Gasteiger partial charge on any atom is -0.459 e. The maximum atomic E-state index is 11.6. The van der Waals surface area contributed by atoms with E-state index in [1.165, 1.54) is 12.3 Å². The van der Waals surface area contributed by atoms with Crippen LogP contribution < -0.4 is 5.32 Å². The van der Waals surface area contributed by atoms with Crippen molar-refractivity contribution in [3.05, 3.63) is 24.2 Å². The van der Waals surface area contributed by atoms with Crippen molar-refractivity contribution in [2.24, 2.45) is 0 Å². The van der Waals surface area contributed by atoms with Crippen LogP contribution in [0.1, 0.15) is 10.6 Å². The van der Waals surface area contributed by atoms with Crippen LogP contribution in [0.3, 0.4) is 0 Å². The smallest absolute Gasteiger partial charge is 0.287 e. The van der Waals surface area contributed by atoms with Crippen molar-refractivity contribution in [2.75, 3.05) is 19.8 Å². The molecule has 1 heterocycles. The molecule has 0 aliphatic heterocycles. The van der Waals surface area contributed by atoms with Crippen LogP contribution in [0, 0.1) is 0 Å². The number of rotatable bonds is 6. The monoisotopic (exact) mass is 219 g/mol. The van der Waals surface area contributed by atoms with E-state index in [0.717, 1.165) is 0 Å². The summed E-state index contributed by atoms with van der Waals surface area (Å²) in [6.07, 6.45) is -1.10. The summed E-state index contributed by atoms with van der Waals surface area (Å²) >= 11 is 0. The van der Waals surface area contributed by atoms with E-state index in [9.17, 15) is 13.6 Å². The van der Waals surface area contributed by atoms with Crippen LogP contribution in [0.5, 0.6) is 0 Å². The third kappa shape index (κ3) is 4.55. The first-order valence-corrected chi connectivity index (χ1v) is 4.37. The lowest BCUT2D eigenvalue weighted by Crippen LogP contribution is -2.27. The van der Waals surface area contributed by atoms with Gasteiger partial charge in [-0.3, -0.25) is 4.79 Å². The first-order chi connectivity index (χ1) is 7.20. The van der Waals surface area contributed by atoms with Gasteiger partial charge in [-0.05, 0) is 12.1 Å². The second kappa shape index (κ2) is 6.13. The Morgan fingerprint density at radius 3 is 3.00 bits per heavy atom. The Morgan fingerprint density at radius 2 is 2.40 bits per heavy atom. The number of carbonyl (C=O) groups is 1. The molecule has 84 valence electrons. The molecule has 15 heavy (non-hydrogen) atoms. The van der Waals surface area contributed by atoms with Gasteiger partial charge in [-0.1, -0.05) is 0 Å². The summed E-state index contributed by atoms with van der Waals surface area (Å²) in [7, 11) is 0. The first-order valence-electron chi connectivity index (χ1n) is 4.37. The lowest BCUT2D eigenvalue weighted by molar-refractivity contribution is 0.0187. The van der Waals surface area contributed by atoms with Gasteiger partial charge in [0.2, 0.25) is 0 Å². The van der Waals surface area contributed by atoms with Gasteiger partial charge >= 0.3 is 0 Å². The maximum Gasteiger partial charge on any atom is 0.287 e. The van der Waals surface area contributed by atoms with E-state index < -0.39 is 13.0 Å². The molecule has 0 radical (unpaired) electrons. The number of amides is 1. The summed E-state index contributed by atoms with van der Waals surface area (Å²) in [5, 5.41) is 2.46. The van der Waals surface area contributed by atoms with Gasteiger partial charge in [0.05, 0.1) is 12.9 Å². The van der Waals surface area contributed by atoms with Crippen molar-refractivity contribution >= 4 is 5.91 Å². The standard InChI is InChI=1S/C9H11F2NO3/c10-8(11)6-14-5-3-12-9(13)7-2-1-4-15-7/h1-2,4,8H,3,5-6H2,(H,12,13). The van der Waals surface area contributed by atoms with E-state index in [1.807, 2.05) is 0 Å². The Balaban J connectivity index is 2.08. The third-order valence-corrected chi connectivity index (χ3v) is 1.52. The quantitative estimate of drug-likeness (QED) is 0.733. The number of hydrogen-bond acceptors (Lipinski definition) is 3. The van der Waals surface area contributed by atoms with Crippen LogP contribution in [0.15, 0.2) is 22.8 Å². The highest BCUT2D eigenvalue weighted by Gasteiger charge is 2.07. The van der Waals surface area contributed by atoms with E-state index in [-0.39, 0.29) is 24.8 Å². The zero-order valence-corrected chi connectivity index (χ0v) is 7.91. The van der Waals surface area contributed by atoms with Gasteiger partial charge in [0, 0.05) is 6.54 Å². The van der Waals surface area contributed by atoms with Gasteiger partial charge in [-0.15, -0.1) is 0 Å². The summed E-state index contributed by atoms with van der Waals surface area (Å²) in [4.78, 5) is 11.2.